The van der Waals surface area contributed by atoms with Gasteiger partial charge in [0, 0.05) is 36.9 Å². The van der Waals surface area contributed by atoms with Crippen LogP contribution in [0.1, 0.15) is 30.8 Å². The average molecular weight is 303 g/mol. The topological polar surface area (TPSA) is 45.5 Å². The van der Waals surface area contributed by atoms with E-state index in [-0.39, 0.29) is 12.5 Å². The van der Waals surface area contributed by atoms with Gasteiger partial charge >= 0.3 is 0 Å². The molecule has 0 aromatic carbocycles. The minimum Gasteiger partial charge on any atom is -0.396 e. The zero-order chi connectivity index (χ0) is 12.8. The van der Waals surface area contributed by atoms with Crippen molar-refractivity contribution < 1.29 is 9.90 Å². The van der Waals surface area contributed by atoms with Gasteiger partial charge in [0.05, 0.1) is 0 Å². The molecule has 0 fully saturated rings. The number of hydrogen-bond acceptors (Lipinski definition) is 2. The van der Waals surface area contributed by atoms with Crippen LogP contribution in [0.25, 0.3) is 0 Å². The molecule has 5 heteroatoms. The Morgan fingerprint density at radius 2 is 2.24 bits per heavy atom. The highest BCUT2D eigenvalue weighted by molar-refractivity contribution is 9.10. The molecule has 0 saturated heterocycles. The van der Waals surface area contributed by atoms with Crippen LogP contribution in [0.2, 0.25) is 0 Å². The molecule has 0 bridgehead atoms. The molecule has 0 atom stereocenters. The molecule has 1 aromatic rings. The van der Waals surface area contributed by atoms with Gasteiger partial charge in [-0.05, 0) is 42.3 Å². The number of aliphatic hydroxyl groups is 1. The Hall–Kier alpha value is -0.810. The lowest BCUT2D eigenvalue weighted by atomic mass is 10.3. The molecule has 0 radical (unpaired) electrons. The number of amides is 1. The molecule has 0 saturated carbocycles. The first-order valence-electron chi connectivity index (χ1n) is 5.89. The Balaban J connectivity index is 2.85. The van der Waals surface area contributed by atoms with E-state index < -0.39 is 0 Å². The summed E-state index contributed by atoms with van der Waals surface area (Å²) in [4.78, 5) is 14.0. The second-order valence-corrected chi connectivity index (χ2v) is 4.71. The summed E-state index contributed by atoms with van der Waals surface area (Å²) in [5.74, 6) is 0.0218. The van der Waals surface area contributed by atoms with E-state index in [1.165, 1.54) is 0 Å². The molecule has 0 aliphatic rings. The molecule has 0 aliphatic heterocycles. The Kier molecular flexibility index (Phi) is 5.71. The fourth-order valence-electron chi connectivity index (χ4n) is 1.74. The van der Waals surface area contributed by atoms with Crippen molar-refractivity contribution in [2.45, 2.75) is 26.8 Å². The number of nitrogens with zero attached hydrogens (tertiary/aromatic N) is 2. The maximum atomic E-state index is 12.3. The van der Waals surface area contributed by atoms with Gasteiger partial charge in [-0.3, -0.25) is 4.79 Å². The highest BCUT2D eigenvalue weighted by Crippen LogP contribution is 2.16. The number of hydrogen-bond donors (Lipinski definition) is 1. The van der Waals surface area contributed by atoms with Crippen molar-refractivity contribution in [3.8, 4) is 0 Å². The van der Waals surface area contributed by atoms with Crippen molar-refractivity contribution in [1.82, 2.24) is 9.47 Å². The Labute approximate surface area is 110 Å². The third-order valence-electron chi connectivity index (χ3n) is 2.68. The number of rotatable bonds is 6. The van der Waals surface area contributed by atoms with Crippen LogP contribution in [0, 0.1) is 0 Å². The van der Waals surface area contributed by atoms with Crippen molar-refractivity contribution >= 4 is 21.8 Å². The summed E-state index contributed by atoms with van der Waals surface area (Å²) in [6.07, 6.45) is 2.53. The predicted molar refractivity (Wildman–Crippen MR) is 71.1 cm³/mol. The molecule has 0 spiro atoms. The summed E-state index contributed by atoms with van der Waals surface area (Å²) in [5, 5.41) is 8.82. The number of aryl methyl sites for hydroxylation is 1. The van der Waals surface area contributed by atoms with Gasteiger partial charge < -0.3 is 14.6 Å². The van der Waals surface area contributed by atoms with Gasteiger partial charge in [-0.1, -0.05) is 0 Å². The number of halogens is 1. The standard InChI is InChI=1S/C12H19BrN2O2/c1-3-14(6-5-7-16)12(17)11-8-10(13)9-15(11)4-2/h8-9,16H,3-7H2,1-2H3. The van der Waals surface area contributed by atoms with E-state index >= 15 is 0 Å². The van der Waals surface area contributed by atoms with E-state index in [1.807, 2.05) is 30.7 Å². The maximum absolute atomic E-state index is 12.3. The fourth-order valence-corrected chi connectivity index (χ4v) is 2.21. The van der Waals surface area contributed by atoms with E-state index in [1.54, 1.807) is 4.90 Å². The molecule has 0 aliphatic carbocycles. The van der Waals surface area contributed by atoms with Crippen LogP contribution < -0.4 is 0 Å². The van der Waals surface area contributed by atoms with E-state index in [0.29, 0.717) is 25.2 Å². The molecule has 96 valence electrons. The Bertz CT molecular complexity index is 377. The van der Waals surface area contributed by atoms with Gasteiger partial charge in [0.25, 0.3) is 5.91 Å². The van der Waals surface area contributed by atoms with Crippen LogP contribution in [0.5, 0.6) is 0 Å². The highest BCUT2D eigenvalue weighted by atomic mass is 79.9. The van der Waals surface area contributed by atoms with Crippen LogP contribution in [0.3, 0.4) is 0 Å². The summed E-state index contributed by atoms with van der Waals surface area (Å²) < 4.78 is 2.84. The molecule has 1 rings (SSSR count). The SMILES string of the molecule is CCN(CCCO)C(=O)c1cc(Br)cn1CC. The van der Waals surface area contributed by atoms with Gasteiger partial charge in [0.2, 0.25) is 0 Å². The fraction of sp³-hybridized carbons (Fsp3) is 0.583. The third-order valence-corrected chi connectivity index (χ3v) is 3.11. The van der Waals surface area contributed by atoms with Crippen molar-refractivity contribution in [3.05, 3.63) is 22.4 Å². The second kappa shape index (κ2) is 6.81. The molecule has 17 heavy (non-hydrogen) atoms. The maximum Gasteiger partial charge on any atom is 0.270 e. The molecule has 1 N–H and O–H groups in total. The summed E-state index contributed by atoms with van der Waals surface area (Å²) in [6.45, 7) is 6.09. The minimum absolute atomic E-state index is 0.0218. The lowest BCUT2D eigenvalue weighted by Gasteiger charge is -2.21. The van der Waals surface area contributed by atoms with E-state index in [2.05, 4.69) is 15.9 Å². The van der Waals surface area contributed by atoms with Crippen molar-refractivity contribution in [3.63, 3.8) is 0 Å². The van der Waals surface area contributed by atoms with Crippen LogP contribution >= 0.6 is 15.9 Å². The van der Waals surface area contributed by atoms with Gasteiger partial charge in [-0.15, -0.1) is 0 Å². The van der Waals surface area contributed by atoms with E-state index in [9.17, 15) is 4.79 Å². The third kappa shape index (κ3) is 3.57. The summed E-state index contributed by atoms with van der Waals surface area (Å²) in [7, 11) is 0. The molecule has 4 nitrogen and oxygen atoms in total. The van der Waals surface area contributed by atoms with Crippen LogP contribution in [0.4, 0.5) is 0 Å². The first-order valence-corrected chi connectivity index (χ1v) is 6.69. The van der Waals surface area contributed by atoms with Crippen molar-refractivity contribution in [2.24, 2.45) is 0 Å². The zero-order valence-electron chi connectivity index (χ0n) is 10.3. The van der Waals surface area contributed by atoms with Crippen molar-refractivity contribution in [2.75, 3.05) is 19.7 Å². The molecule has 1 amide bonds. The van der Waals surface area contributed by atoms with Crippen LogP contribution in [-0.2, 0) is 6.54 Å². The number of carbonyl (C=O) groups excluding carboxylic acids is 1. The normalized spacial score (nSPS) is 10.6. The van der Waals surface area contributed by atoms with Crippen molar-refractivity contribution in [1.29, 1.82) is 0 Å². The first kappa shape index (κ1) is 14.3. The van der Waals surface area contributed by atoms with Gasteiger partial charge in [-0.25, -0.2) is 0 Å². The van der Waals surface area contributed by atoms with E-state index in [0.717, 1.165) is 11.0 Å². The number of aromatic nitrogens is 1. The molecule has 1 heterocycles. The molecule has 1 aromatic heterocycles. The second-order valence-electron chi connectivity index (χ2n) is 3.79. The Morgan fingerprint density at radius 3 is 2.76 bits per heavy atom. The molecular weight excluding hydrogens is 284 g/mol. The number of aliphatic hydroxyl groups excluding tert-OH is 1. The molecular formula is C12H19BrN2O2. The van der Waals surface area contributed by atoms with Gasteiger partial charge in [0.15, 0.2) is 0 Å². The lowest BCUT2D eigenvalue weighted by Crippen LogP contribution is -2.33. The monoisotopic (exact) mass is 302 g/mol. The average Bonchev–Trinajstić information content (AvgIpc) is 2.71. The van der Waals surface area contributed by atoms with E-state index in [4.69, 9.17) is 5.11 Å². The van der Waals surface area contributed by atoms with Gasteiger partial charge in [0.1, 0.15) is 5.69 Å². The summed E-state index contributed by atoms with van der Waals surface area (Å²) in [5.41, 5.74) is 0.694. The highest BCUT2D eigenvalue weighted by Gasteiger charge is 2.17. The lowest BCUT2D eigenvalue weighted by molar-refractivity contribution is 0.0743. The smallest absolute Gasteiger partial charge is 0.270 e. The minimum atomic E-state index is 0.0218. The predicted octanol–water partition coefficient (Wildman–Crippen LogP) is 2.11. The number of carbonyl (C=O) groups is 1. The van der Waals surface area contributed by atoms with Crippen LogP contribution in [-0.4, -0.2) is 40.2 Å². The zero-order valence-corrected chi connectivity index (χ0v) is 11.9. The summed E-state index contributed by atoms with van der Waals surface area (Å²) >= 11 is 3.38. The molecule has 0 unspecified atom stereocenters. The largest absolute Gasteiger partial charge is 0.396 e. The van der Waals surface area contributed by atoms with Crippen LogP contribution in [0.15, 0.2) is 16.7 Å². The quantitative estimate of drug-likeness (QED) is 0.875. The summed E-state index contributed by atoms with van der Waals surface area (Å²) in [6, 6.07) is 1.84. The van der Waals surface area contributed by atoms with Gasteiger partial charge in [-0.2, -0.15) is 0 Å². The Morgan fingerprint density at radius 1 is 1.53 bits per heavy atom. The first-order chi connectivity index (χ1) is 8.13.